The molecular weight excluding hydrogens is 208 g/mol. The predicted molar refractivity (Wildman–Crippen MR) is 72.2 cm³/mol. The van der Waals surface area contributed by atoms with Gasteiger partial charge in [-0.25, -0.2) is 0 Å². The zero-order valence-corrected chi connectivity index (χ0v) is 10.3. The summed E-state index contributed by atoms with van der Waals surface area (Å²) in [4.78, 5) is 11.3. The van der Waals surface area contributed by atoms with E-state index in [4.69, 9.17) is 0 Å². The number of hydrogen-bond acceptors (Lipinski definition) is 1. The van der Waals surface area contributed by atoms with Crippen LogP contribution in [0.4, 0.5) is 0 Å². The van der Waals surface area contributed by atoms with E-state index in [1.54, 1.807) is 0 Å². The molecular formula is C16H18O. The molecule has 0 aliphatic heterocycles. The minimum absolute atomic E-state index is 0.366. The summed E-state index contributed by atoms with van der Waals surface area (Å²) in [6, 6.07) is 14.8. The van der Waals surface area contributed by atoms with E-state index in [1.807, 2.05) is 6.92 Å². The quantitative estimate of drug-likeness (QED) is 0.748. The van der Waals surface area contributed by atoms with Crippen molar-refractivity contribution in [2.45, 2.75) is 32.6 Å². The number of Topliss-reactive ketones (excluding diaryl/α,β-unsaturated/α-hetero) is 1. The van der Waals surface area contributed by atoms with Crippen LogP contribution < -0.4 is 0 Å². The minimum Gasteiger partial charge on any atom is -0.300 e. The highest BCUT2D eigenvalue weighted by atomic mass is 16.1. The lowest BCUT2D eigenvalue weighted by atomic mass is 9.99. The molecule has 0 saturated carbocycles. The van der Waals surface area contributed by atoms with E-state index in [0.717, 1.165) is 12.8 Å². The summed E-state index contributed by atoms with van der Waals surface area (Å²) in [5.41, 5.74) is 1.35. The standard InChI is InChI=1S/C16H18O/c1-2-15(17)11-6-10-14-9-5-8-13-7-3-4-12-16(13)14/h3-5,7-9,12H,2,6,10-11H2,1H3. The number of rotatable bonds is 5. The highest BCUT2D eigenvalue weighted by Gasteiger charge is 2.02. The van der Waals surface area contributed by atoms with Crippen LogP contribution in [0.3, 0.4) is 0 Å². The van der Waals surface area contributed by atoms with Crippen LogP contribution in [0.5, 0.6) is 0 Å². The van der Waals surface area contributed by atoms with E-state index in [0.29, 0.717) is 18.6 Å². The maximum atomic E-state index is 11.3. The first-order valence-corrected chi connectivity index (χ1v) is 6.29. The lowest BCUT2D eigenvalue weighted by molar-refractivity contribution is -0.118. The molecule has 0 unspecified atom stereocenters. The number of carbonyl (C=O) groups excluding carboxylic acids is 1. The smallest absolute Gasteiger partial charge is 0.132 e. The summed E-state index contributed by atoms with van der Waals surface area (Å²) >= 11 is 0. The monoisotopic (exact) mass is 226 g/mol. The van der Waals surface area contributed by atoms with Gasteiger partial charge in [0.1, 0.15) is 5.78 Å². The molecule has 88 valence electrons. The van der Waals surface area contributed by atoms with Gasteiger partial charge in [0.2, 0.25) is 0 Å². The van der Waals surface area contributed by atoms with Crippen LogP contribution in [0.25, 0.3) is 10.8 Å². The minimum atomic E-state index is 0.366. The van der Waals surface area contributed by atoms with E-state index in [-0.39, 0.29) is 0 Å². The molecule has 0 aromatic heterocycles. The number of carbonyl (C=O) groups is 1. The largest absolute Gasteiger partial charge is 0.300 e. The Morgan fingerprint density at radius 3 is 2.65 bits per heavy atom. The molecule has 2 aromatic carbocycles. The third kappa shape index (κ3) is 2.94. The Morgan fingerprint density at radius 2 is 1.82 bits per heavy atom. The van der Waals surface area contributed by atoms with Gasteiger partial charge in [-0.1, -0.05) is 49.4 Å². The summed E-state index contributed by atoms with van der Waals surface area (Å²) in [7, 11) is 0. The topological polar surface area (TPSA) is 17.1 Å². The lowest BCUT2D eigenvalue weighted by Crippen LogP contribution is -1.96. The molecule has 0 spiro atoms. The molecule has 2 aromatic rings. The second-order valence-corrected chi connectivity index (χ2v) is 4.38. The summed E-state index contributed by atoms with van der Waals surface area (Å²) in [5.74, 6) is 0.366. The third-order valence-corrected chi connectivity index (χ3v) is 3.18. The fourth-order valence-electron chi connectivity index (χ4n) is 2.16. The summed E-state index contributed by atoms with van der Waals surface area (Å²) in [6.07, 6.45) is 3.32. The second-order valence-electron chi connectivity index (χ2n) is 4.38. The maximum Gasteiger partial charge on any atom is 0.132 e. The number of aryl methyl sites for hydroxylation is 1. The van der Waals surface area contributed by atoms with Crippen molar-refractivity contribution in [2.24, 2.45) is 0 Å². The average molecular weight is 226 g/mol. The summed E-state index contributed by atoms with van der Waals surface area (Å²) in [5, 5.41) is 2.60. The molecule has 0 aliphatic carbocycles. The molecule has 0 N–H and O–H groups in total. The van der Waals surface area contributed by atoms with Gasteiger partial charge in [-0.3, -0.25) is 4.79 Å². The maximum absolute atomic E-state index is 11.3. The van der Waals surface area contributed by atoms with Crippen LogP contribution in [0.2, 0.25) is 0 Å². The van der Waals surface area contributed by atoms with Crippen LogP contribution >= 0.6 is 0 Å². The Balaban J connectivity index is 2.11. The molecule has 0 heterocycles. The van der Waals surface area contributed by atoms with Crippen molar-refractivity contribution in [1.29, 1.82) is 0 Å². The van der Waals surface area contributed by atoms with Gasteiger partial charge in [0.15, 0.2) is 0 Å². The molecule has 0 bridgehead atoms. The van der Waals surface area contributed by atoms with Crippen LogP contribution in [-0.4, -0.2) is 5.78 Å². The number of ketones is 1. The van der Waals surface area contributed by atoms with E-state index in [2.05, 4.69) is 42.5 Å². The van der Waals surface area contributed by atoms with Gasteiger partial charge in [-0.2, -0.15) is 0 Å². The molecule has 0 fully saturated rings. The summed E-state index contributed by atoms with van der Waals surface area (Å²) in [6.45, 7) is 1.93. The van der Waals surface area contributed by atoms with Gasteiger partial charge in [0, 0.05) is 12.8 Å². The van der Waals surface area contributed by atoms with Crippen molar-refractivity contribution < 1.29 is 4.79 Å². The molecule has 2 rings (SSSR count). The van der Waals surface area contributed by atoms with Gasteiger partial charge < -0.3 is 0 Å². The highest BCUT2D eigenvalue weighted by Crippen LogP contribution is 2.20. The highest BCUT2D eigenvalue weighted by molar-refractivity contribution is 5.85. The Hall–Kier alpha value is -1.63. The Kier molecular flexibility index (Phi) is 3.92. The molecule has 0 aliphatic rings. The van der Waals surface area contributed by atoms with E-state index in [9.17, 15) is 4.79 Å². The molecule has 1 nitrogen and oxygen atoms in total. The van der Waals surface area contributed by atoms with Crippen molar-refractivity contribution in [3.8, 4) is 0 Å². The molecule has 0 amide bonds. The van der Waals surface area contributed by atoms with Crippen molar-refractivity contribution >= 4 is 16.6 Å². The zero-order valence-electron chi connectivity index (χ0n) is 10.3. The molecule has 0 radical (unpaired) electrons. The number of fused-ring (bicyclic) bond motifs is 1. The fraction of sp³-hybridized carbons (Fsp3) is 0.312. The average Bonchev–Trinajstić information content (AvgIpc) is 2.39. The van der Waals surface area contributed by atoms with Gasteiger partial charge in [-0.15, -0.1) is 0 Å². The van der Waals surface area contributed by atoms with Gasteiger partial charge in [0.25, 0.3) is 0 Å². The summed E-state index contributed by atoms with van der Waals surface area (Å²) < 4.78 is 0. The van der Waals surface area contributed by atoms with Gasteiger partial charge in [-0.05, 0) is 29.2 Å². The van der Waals surface area contributed by atoms with E-state index in [1.165, 1.54) is 16.3 Å². The first-order valence-electron chi connectivity index (χ1n) is 6.29. The first-order chi connectivity index (χ1) is 8.31. The Labute approximate surface area is 102 Å². The van der Waals surface area contributed by atoms with Crippen molar-refractivity contribution in [2.75, 3.05) is 0 Å². The molecule has 17 heavy (non-hydrogen) atoms. The zero-order chi connectivity index (χ0) is 12.1. The fourth-order valence-corrected chi connectivity index (χ4v) is 2.16. The van der Waals surface area contributed by atoms with Crippen molar-refractivity contribution in [3.05, 3.63) is 48.0 Å². The van der Waals surface area contributed by atoms with Gasteiger partial charge >= 0.3 is 0 Å². The van der Waals surface area contributed by atoms with Crippen LogP contribution in [0.1, 0.15) is 31.7 Å². The number of benzene rings is 2. The molecule has 0 saturated heterocycles. The second kappa shape index (κ2) is 5.62. The van der Waals surface area contributed by atoms with E-state index >= 15 is 0 Å². The van der Waals surface area contributed by atoms with Crippen molar-refractivity contribution in [1.82, 2.24) is 0 Å². The first kappa shape index (κ1) is 11.8. The number of hydrogen-bond donors (Lipinski definition) is 0. The predicted octanol–water partition coefficient (Wildman–Crippen LogP) is 4.14. The van der Waals surface area contributed by atoms with Gasteiger partial charge in [0.05, 0.1) is 0 Å². The molecule has 0 atom stereocenters. The molecule has 1 heteroatoms. The van der Waals surface area contributed by atoms with E-state index < -0.39 is 0 Å². The SMILES string of the molecule is CCC(=O)CCCc1cccc2ccccc12. The Bertz CT molecular complexity index is 508. The normalized spacial score (nSPS) is 10.6. The van der Waals surface area contributed by atoms with Crippen molar-refractivity contribution in [3.63, 3.8) is 0 Å². The lowest BCUT2D eigenvalue weighted by Gasteiger charge is -2.05. The third-order valence-electron chi connectivity index (χ3n) is 3.18. The Morgan fingerprint density at radius 1 is 1.06 bits per heavy atom. The van der Waals surface area contributed by atoms with Crippen LogP contribution in [0, 0.1) is 0 Å². The van der Waals surface area contributed by atoms with Crippen LogP contribution in [-0.2, 0) is 11.2 Å². The van der Waals surface area contributed by atoms with Crippen LogP contribution in [0.15, 0.2) is 42.5 Å².